The molecule has 30 heavy (non-hydrogen) atoms. The number of cyclic esters (lactones) is 1. The standard InChI is InChI=1S/C22H20ClN3O4/c1-3-22(29)15-5-18-19-13(8-26(18)20(27)14(15)9-30-21(22)28)12(7-24)11-4-10(2)16(23)6-17(11)25-19/h4-6,29H,3,7-9,24H2,1-2H3/t22-/m0/s1. The Labute approximate surface area is 177 Å². The fourth-order valence-corrected chi connectivity index (χ4v) is 4.68. The van der Waals surface area contributed by atoms with E-state index in [1.54, 1.807) is 23.6 Å². The van der Waals surface area contributed by atoms with Crippen LogP contribution in [0.4, 0.5) is 0 Å². The van der Waals surface area contributed by atoms with Gasteiger partial charge in [-0.15, -0.1) is 0 Å². The number of esters is 1. The summed E-state index contributed by atoms with van der Waals surface area (Å²) in [6, 6.07) is 5.46. The first-order chi connectivity index (χ1) is 14.3. The molecular formula is C22H20ClN3O4. The van der Waals surface area contributed by atoms with Crippen LogP contribution in [-0.2, 0) is 34.8 Å². The van der Waals surface area contributed by atoms with Crippen LogP contribution in [0.15, 0.2) is 23.0 Å². The Morgan fingerprint density at radius 2 is 2.07 bits per heavy atom. The van der Waals surface area contributed by atoms with Crippen molar-refractivity contribution in [3.05, 3.63) is 61.4 Å². The summed E-state index contributed by atoms with van der Waals surface area (Å²) in [6.07, 6.45) is 0.0999. The zero-order chi connectivity index (χ0) is 21.4. The number of benzene rings is 1. The van der Waals surface area contributed by atoms with E-state index < -0.39 is 11.6 Å². The molecule has 1 aromatic carbocycles. The van der Waals surface area contributed by atoms with Crippen molar-refractivity contribution in [1.29, 1.82) is 0 Å². The first kappa shape index (κ1) is 19.2. The molecule has 0 fully saturated rings. The topological polar surface area (TPSA) is 107 Å². The predicted octanol–water partition coefficient (Wildman–Crippen LogP) is 2.50. The number of aryl methyl sites for hydroxylation is 1. The Balaban J connectivity index is 1.84. The number of halogens is 1. The number of ether oxygens (including phenoxy) is 1. The maximum Gasteiger partial charge on any atom is 0.343 e. The number of nitrogens with zero attached hydrogens (tertiary/aromatic N) is 2. The average molecular weight is 426 g/mol. The third-order valence-electron chi connectivity index (χ3n) is 6.29. The highest BCUT2D eigenvalue weighted by Crippen LogP contribution is 2.40. The molecule has 0 radical (unpaired) electrons. The van der Waals surface area contributed by atoms with Gasteiger partial charge in [0.15, 0.2) is 5.60 Å². The van der Waals surface area contributed by atoms with Gasteiger partial charge >= 0.3 is 5.97 Å². The van der Waals surface area contributed by atoms with E-state index in [9.17, 15) is 14.7 Å². The quantitative estimate of drug-likeness (QED) is 0.478. The van der Waals surface area contributed by atoms with E-state index in [2.05, 4.69) is 0 Å². The van der Waals surface area contributed by atoms with Crippen molar-refractivity contribution in [3.8, 4) is 11.4 Å². The van der Waals surface area contributed by atoms with Crippen LogP contribution in [0.1, 0.15) is 41.2 Å². The molecule has 2 aliphatic heterocycles. The number of rotatable bonds is 2. The van der Waals surface area contributed by atoms with Gasteiger partial charge in [0, 0.05) is 28.1 Å². The molecule has 5 rings (SSSR count). The van der Waals surface area contributed by atoms with Crippen LogP contribution < -0.4 is 11.3 Å². The third kappa shape index (κ3) is 2.37. The maximum atomic E-state index is 13.3. The molecule has 4 heterocycles. The summed E-state index contributed by atoms with van der Waals surface area (Å²) < 4.78 is 6.72. The van der Waals surface area contributed by atoms with Gasteiger partial charge in [-0.05, 0) is 42.7 Å². The Morgan fingerprint density at radius 1 is 1.30 bits per heavy atom. The molecule has 3 N–H and O–H groups in total. The van der Waals surface area contributed by atoms with Crippen LogP contribution in [0.3, 0.4) is 0 Å². The van der Waals surface area contributed by atoms with Crippen molar-refractivity contribution < 1.29 is 14.6 Å². The van der Waals surface area contributed by atoms with Gasteiger partial charge in [0.05, 0.1) is 29.0 Å². The molecule has 8 heteroatoms. The molecular weight excluding hydrogens is 406 g/mol. The van der Waals surface area contributed by atoms with Gasteiger partial charge in [-0.1, -0.05) is 18.5 Å². The number of fused-ring (bicyclic) bond motifs is 5. The van der Waals surface area contributed by atoms with Crippen molar-refractivity contribution in [3.63, 3.8) is 0 Å². The van der Waals surface area contributed by atoms with Crippen LogP contribution >= 0.6 is 11.6 Å². The maximum absolute atomic E-state index is 13.3. The molecule has 0 aliphatic carbocycles. The fraction of sp³-hybridized carbons (Fsp3) is 0.318. The van der Waals surface area contributed by atoms with E-state index >= 15 is 0 Å². The minimum absolute atomic E-state index is 0.0999. The monoisotopic (exact) mass is 425 g/mol. The van der Waals surface area contributed by atoms with E-state index in [0.29, 0.717) is 39.6 Å². The van der Waals surface area contributed by atoms with Gasteiger partial charge in [-0.25, -0.2) is 9.78 Å². The van der Waals surface area contributed by atoms with Gasteiger partial charge in [-0.3, -0.25) is 4.79 Å². The SMILES string of the molecule is CC[C@@]1(O)C(=O)OCc2c1cc1n(c2=O)Cc2c-1nc1cc(Cl)c(C)cc1c2CN. The van der Waals surface area contributed by atoms with Gasteiger partial charge in [0.25, 0.3) is 5.56 Å². The molecule has 0 saturated carbocycles. The number of hydrogen-bond donors (Lipinski definition) is 2. The van der Waals surface area contributed by atoms with Crippen LogP contribution in [0.2, 0.25) is 5.02 Å². The number of aromatic nitrogens is 2. The number of carbonyl (C=O) groups excluding carboxylic acids is 1. The Hall–Kier alpha value is -2.74. The molecule has 2 aromatic heterocycles. The smallest absolute Gasteiger partial charge is 0.343 e. The lowest BCUT2D eigenvalue weighted by Gasteiger charge is -2.31. The van der Waals surface area contributed by atoms with Crippen molar-refractivity contribution in [2.45, 2.75) is 45.6 Å². The zero-order valence-electron chi connectivity index (χ0n) is 16.6. The largest absolute Gasteiger partial charge is 0.458 e. The van der Waals surface area contributed by atoms with Gasteiger partial charge in [0.1, 0.15) is 6.61 Å². The van der Waals surface area contributed by atoms with E-state index in [0.717, 1.165) is 22.1 Å². The summed E-state index contributed by atoms with van der Waals surface area (Å²) in [6.45, 7) is 4.06. The van der Waals surface area contributed by atoms with Gasteiger partial charge in [-0.2, -0.15) is 0 Å². The minimum atomic E-state index is -1.85. The summed E-state index contributed by atoms with van der Waals surface area (Å²) in [4.78, 5) is 30.3. The van der Waals surface area contributed by atoms with Crippen LogP contribution in [0.25, 0.3) is 22.3 Å². The second kappa shape index (κ2) is 6.38. The molecule has 1 atom stereocenters. The van der Waals surface area contributed by atoms with Crippen LogP contribution in [0, 0.1) is 6.92 Å². The second-order valence-electron chi connectivity index (χ2n) is 7.84. The number of aliphatic hydroxyl groups is 1. The van der Waals surface area contributed by atoms with E-state index in [-0.39, 0.29) is 25.1 Å². The van der Waals surface area contributed by atoms with Gasteiger partial charge in [0.2, 0.25) is 0 Å². The summed E-state index contributed by atoms with van der Waals surface area (Å²) in [5.74, 6) is -0.739. The number of hydrogen-bond acceptors (Lipinski definition) is 6. The summed E-state index contributed by atoms with van der Waals surface area (Å²) in [5.41, 5.74) is 9.14. The van der Waals surface area contributed by atoms with E-state index in [1.165, 1.54) is 0 Å². The Bertz CT molecular complexity index is 1330. The summed E-state index contributed by atoms with van der Waals surface area (Å²) in [7, 11) is 0. The summed E-state index contributed by atoms with van der Waals surface area (Å²) in [5, 5.41) is 12.5. The highest BCUT2D eigenvalue weighted by atomic mass is 35.5. The molecule has 2 aliphatic rings. The number of carbonyl (C=O) groups is 1. The molecule has 0 amide bonds. The lowest BCUT2D eigenvalue weighted by molar-refractivity contribution is -0.172. The highest BCUT2D eigenvalue weighted by Gasteiger charge is 2.45. The lowest BCUT2D eigenvalue weighted by Crippen LogP contribution is -2.44. The minimum Gasteiger partial charge on any atom is -0.458 e. The molecule has 0 saturated heterocycles. The lowest BCUT2D eigenvalue weighted by atomic mass is 9.86. The molecule has 0 spiro atoms. The van der Waals surface area contributed by atoms with E-state index in [1.807, 2.05) is 13.0 Å². The number of nitrogens with two attached hydrogens (primary N) is 1. The molecule has 7 nitrogen and oxygen atoms in total. The van der Waals surface area contributed by atoms with Gasteiger partial charge < -0.3 is 20.1 Å². The fourth-order valence-electron chi connectivity index (χ4n) is 4.52. The number of pyridine rings is 2. The normalized spacial score (nSPS) is 19.4. The second-order valence-corrected chi connectivity index (χ2v) is 8.25. The molecule has 3 aromatic rings. The Kier molecular flexibility index (Phi) is 4.09. The molecule has 0 bridgehead atoms. The van der Waals surface area contributed by atoms with Crippen molar-refractivity contribution in [2.75, 3.05) is 0 Å². The first-order valence-corrected chi connectivity index (χ1v) is 10.2. The average Bonchev–Trinajstić information content (AvgIpc) is 3.09. The van der Waals surface area contributed by atoms with Crippen molar-refractivity contribution in [1.82, 2.24) is 9.55 Å². The van der Waals surface area contributed by atoms with Crippen LogP contribution in [0.5, 0.6) is 0 Å². The molecule has 0 unspecified atom stereocenters. The highest BCUT2D eigenvalue weighted by molar-refractivity contribution is 6.32. The van der Waals surface area contributed by atoms with Crippen molar-refractivity contribution in [2.24, 2.45) is 5.73 Å². The van der Waals surface area contributed by atoms with Crippen molar-refractivity contribution >= 4 is 28.5 Å². The Morgan fingerprint density at radius 3 is 2.77 bits per heavy atom. The predicted molar refractivity (Wildman–Crippen MR) is 112 cm³/mol. The summed E-state index contributed by atoms with van der Waals surface area (Å²) >= 11 is 6.32. The third-order valence-corrected chi connectivity index (χ3v) is 6.70. The van der Waals surface area contributed by atoms with E-state index in [4.69, 9.17) is 27.1 Å². The molecule has 154 valence electrons. The zero-order valence-corrected chi connectivity index (χ0v) is 17.3. The first-order valence-electron chi connectivity index (χ1n) is 9.79. The van der Waals surface area contributed by atoms with Crippen LogP contribution in [-0.4, -0.2) is 20.6 Å².